The first-order chi connectivity index (χ1) is 8.00. The summed E-state index contributed by atoms with van der Waals surface area (Å²) in [5, 5.41) is 3.28. The number of furan rings is 1. The van der Waals surface area contributed by atoms with Crippen molar-refractivity contribution in [2.24, 2.45) is 5.73 Å². The molecule has 0 unspecified atom stereocenters. The van der Waals surface area contributed by atoms with Gasteiger partial charge in [0.2, 0.25) is 0 Å². The molecule has 0 atom stereocenters. The Hall–Kier alpha value is -0.880. The molecule has 0 saturated heterocycles. The molecule has 0 aliphatic carbocycles. The Morgan fingerprint density at radius 3 is 2.82 bits per heavy atom. The zero-order valence-corrected chi connectivity index (χ0v) is 12.1. The molecule has 0 bridgehead atoms. The lowest BCUT2D eigenvalue weighted by molar-refractivity contribution is 0.528. The molecule has 1 rings (SSSR count). The van der Waals surface area contributed by atoms with E-state index in [1.165, 1.54) is 5.56 Å². The summed E-state index contributed by atoms with van der Waals surface area (Å²) in [7, 11) is 3.95. The van der Waals surface area contributed by atoms with Crippen molar-refractivity contribution in [2.45, 2.75) is 12.7 Å². The number of nitrogens with two attached hydrogens (primary N) is 1. The van der Waals surface area contributed by atoms with Crippen molar-refractivity contribution in [3.63, 3.8) is 0 Å². The van der Waals surface area contributed by atoms with Gasteiger partial charge in [0, 0.05) is 32.5 Å². The van der Waals surface area contributed by atoms with Crippen molar-refractivity contribution in [1.82, 2.24) is 5.32 Å². The van der Waals surface area contributed by atoms with Crippen molar-refractivity contribution >= 4 is 35.0 Å². The van der Waals surface area contributed by atoms with Crippen molar-refractivity contribution in [3.8, 4) is 0 Å². The van der Waals surface area contributed by atoms with Gasteiger partial charge in [-0.25, -0.2) is 0 Å². The van der Waals surface area contributed by atoms with Crippen LogP contribution in [0.25, 0.3) is 0 Å². The van der Waals surface area contributed by atoms with Gasteiger partial charge in [-0.05, 0) is 24.7 Å². The summed E-state index contributed by atoms with van der Waals surface area (Å²) in [6.07, 6.45) is 0. The maximum Gasteiger partial charge on any atom is 0.195 e. The van der Waals surface area contributed by atoms with Crippen LogP contribution in [0.4, 0.5) is 5.88 Å². The summed E-state index contributed by atoms with van der Waals surface area (Å²) >= 11 is 6.52. The fraction of sp³-hybridized carbons (Fsp3) is 0.545. The quantitative estimate of drug-likeness (QED) is 0.608. The number of thioether (sulfide) groups is 1. The number of nitrogens with zero attached hydrogens (tertiary/aromatic N) is 1. The van der Waals surface area contributed by atoms with E-state index in [0.29, 0.717) is 5.11 Å². The SMILES string of the molecule is Cc1cc(N(C)C)oc1CSCCNC(N)=S. The van der Waals surface area contributed by atoms with Crippen LogP contribution in [-0.4, -0.2) is 31.5 Å². The van der Waals surface area contributed by atoms with Crippen LogP contribution in [0.1, 0.15) is 11.3 Å². The Labute approximate surface area is 112 Å². The largest absolute Gasteiger partial charge is 0.444 e. The molecule has 1 aromatic heterocycles. The second-order valence-electron chi connectivity index (χ2n) is 3.93. The predicted molar refractivity (Wildman–Crippen MR) is 78.7 cm³/mol. The minimum atomic E-state index is 0.356. The van der Waals surface area contributed by atoms with Crippen LogP contribution in [0.15, 0.2) is 10.5 Å². The molecule has 0 amide bonds. The smallest absolute Gasteiger partial charge is 0.195 e. The molecular weight excluding hydrogens is 254 g/mol. The van der Waals surface area contributed by atoms with E-state index in [1.807, 2.05) is 19.0 Å². The van der Waals surface area contributed by atoms with Crippen LogP contribution in [-0.2, 0) is 5.75 Å². The predicted octanol–water partition coefficient (Wildman–Crippen LogP) is 1.72. The van der Waals surface area contributed by atoms with Gasteiger partial charge in [0.05, 0.1) is 5.75 Å². The summed E-state index contributed by atoms with van der Waals surface area (Å²) in [6.45, 7) is 2.86. The number of anilines is 1. The molecule has 17 heavy (non-hydrogen) atoms. The summed E-state index contributed by atoms with van der Waals surface area (Å²) < 4.78 is 5.74. The fourth-order valence-corrected chi connectivity index (χ4v) is 2.24. The van der Waals surface area contributed by atoms with Gasteiger partial charge in [-0.15, -0.1) is 0 Å². The minimum absolute atomic E-state index is 0.356. The van der Waals surface area contributed by atoms with Crippen molar-refractivity contribution in [1.29, 1.82) is 0 Å². The van der Waals surface area contributed by atoms with Crippen LogP contribution >= 0.6 is 24.0 Å². The zero-order chi connectivity index (χ0) is 12.8. The molecular formula is C11H19N3OS2. The lowest BCUT2D eigenvalue weighted by Crippen LogP contribution is -2.30. The van der Waals surface area contributed by atoms with Gasteiger partial charge in [0.15, 0.2) is 11.0 Å². The van der Waals surface area contributed by atoms with Gasteiger partial charge in [0.1, 0.15) is 5.76 Å². The summed E-state index contributed by atoms with van der Waals surface area (Å²) in [5.74, 6) is 3.77. The van der Waals surface area contributed by atoms with Gasteiger partial charge in [-0.1, -0.05) is 0 Å². The van der Waals surface area contributed by atoms with Gasteiger partial charge >= 0.3 is 0 Å². The highest BCUT2D eigenvalue weighted by atomic mass is 32.2. The van der Waals surface area contributed by atoms with Crippen molar-refractivity contribution in [2.75, 3.05) is 31.3 Å². The Balaban J connectivity index is 2.34. The Bertz CT molecular complexity index is 377. The van der Waals surface area contributed by atoms with Crippen LogP contribution in [0.2, 0.25) is 0 Å². The topological polar surface area (TPSA) is 54.4 Å². The highest BCUT2D eigenvalue weighted by Crippen LogP contribution is 2.24. The zero-order valence-electron chi connectivity index (χ0n) is 10.4. The summed E-state index contributed by atoms with van der Waals surface area (Å²) in [4.78, 5) is 1.97. The number of thiocarbonyl (C=S) groups is 1. The molecule has 0 aromatic carbocycles. The molecule has 96 valence electrons. The average Bonchev–Trinajstić information content (AvgIpc) is 2.59. The molecule has 0 aliphatic rings. The van der Waals surface area contributed by atoms with Gasteiger partial charge < -0.3 is 20.4 Å². The van der Waals surface area contributed by atoms with Gasteiger partial charge in [-0.3, -0.25) is 0 Å². The minimum Gasteiger partial charge on any atom is -0.444 e. The highest BCUT2D eigenvalue weighted by Gasteiger charge is 2.08. The standard InChI is InChI=1S/C11H19N3OS2/c1-8-6-10(14(2)3)15-9(8)7-17-5-4-13-11(12)16/h6H,4-5,7H2,1-3H3,(H3,12,13,16). The van der Waals surface area contributed by atoms with Crippen molar-refractivity contribution in [3.05, 3.63) is 17.4 Å². The van der Waals surface area contributed by atoms with E-state index in [1.54, 1.807) is 11.8 Å². The maximum atomic E-state index is 5.74. The maximum absolute atomic E-state index is 5.74. The molecule has 3 N–H and O–H groups in total. The second kappa shape index (κ2) is 6.76. The van der Waals surface area contributed by atoms with Gasteiger partial charge in [0.25, 0.3) is 0 Å². The van der Waals surface area contributed by atoms with E-state index in [9.17, 15) is 0 Å². The first-order valence-corrected chi connectivity index (χ1v) is 6.94. The Kier molecular flexibility index (Phi) is 5.64. The summed E-state index contributed by atoms with van der Waals surface area (Å²) in [5.41, 5.74) is 6.53. The number of rotatable bonds is 6. The van der Waals surface area contributed by atoms with E-state index in [-0.39, 0.29) is 0 Å². The molecule has 0 fully saturated rings. The molecule has 1 aromatic rings. The molecule has 0 aliphatic heterocycles. The first kappa shape index (κ1) is 14.2. The van der Waals surface area contributed by atoms with E-state index in [0.717, 1.165) is 29.7 Å². The lowest BCUT2D eigenvalue weighted by Gasteiger charge is -2.06. The first-order valence-electron chi connectivity index (χ1n) is 5.38. The highest BCUT2D eigenvalue weighted by molar-refractivity contribution is 7.98. The number of hydrogen-bond acceptors (Lipinski definition) is 4. The Morgan fingerprint density at radius 2 is 2.29 bits per heavy atom. The normalized spacial score (nSPS) is 10.3. The second-order valence-corrected chi connectivity index (χ2v) is 5.47. The van der Waals surface area contributed by atoms with Crippen molar-refractivity contribution < 1.29 is 4.42 Å². The van der Waals surface area contributed by atoms with E-state index in [2.05, 4.69) is 18.3 Å². The van der Waals surface area contributed by atoms with E-state index < -0.39 is 0 Å². The van der Waals surface area contributed by atoms with Gasteiger partial charge in [-0.2, -0.15) is 11.8 Å². The fourth-order valence-electron chi connectivity index (χ4n) is 1.28. The van der Waals surface area contributed by atoms with Crippen LogP contribution in [0.3, 0.4) is 0 Å². The third kappa shape index (κ3) is 4.87. The van der Waals surface area contributed by atoms with E-state index >= 15 is 0 Å². The molecule has 1 heterocycles. The van der Waals surface area contributed by atoms with E-state index in [4.69, 9.17) is 22.4 Å². The molecule has 0 spiro atoms. The number of hydrogen-bond donors (Lipinski definition) is 2. The lowest BCUT2D eigenvalue weighted by atomic mass is 10.3. The number of nitrogens with one attached hydrogen (secondary N) is 1. The third-order valence-electron chi connectivity index (χ3n) is 2.23. The molecule has 0 radical (unpaired) electrons. The third-order valence-corrected chi connectivity index (χ3v) is 3.33. The number of aryl methyl sites for hydroxylation is 1. The van der Waals surface area contributed by atoms with Crippen LogP contribution < -0.4 is 16.0 Å². The van der Waals surface area contributed by atoms with Crippen LogP contribution in [0, 0.1) is 6.92 Å². The molecule has 4 nitrogen and oxygen atoms in total. The molecule has 6 heteroatoms. The monoisotopic (exact) mass is 273 g/mol. The molecule has 0 saturated carbocycles. The average molecular weight is 273 g/mol. The Morgan fingerprint density at radius 1 is 1.59 bits per heavy atom. The van der Waals surface area contributed by atoms with Crippen LogP contribution in [0.5, 0.6) is 0 Å². The summed E-state index contributed by atoms with van der Waals surface area (Å²) in [6, 6.07) is 2.06.